The first-order valence-electron chi connectivity index (χ1n) is 11.3. The molecule has 3 atom stereocenters. The Morgan fingerprint density at radius 1 is 1.18 bits per heavy atom. The van der Waals surface area contributed by atoms with E-state index in [0.717, 1.165) is 22.7 Å². The van der Waals surface area contributed by atoms with Crippen molar-refractivity contribution in [3.8, 4) is 5.75 Å². The molecule has 2 heterocycles. The number of methoxy groups -OCH3 is 1. The van der Waals surface area contributed by atoms with Crippen molar-refractivity contribution >= 4 is 12.2 Å². The van der Waals surface area contributed by atoms with Gasteiger partial charge in [0.2, 0.25) is 0 Å². The second-order valence-electron chi connectivity index (χ2n) is 9.21. The van der Waals surface area contributed by atoms with Crippen LogP contribution in [0.2, 0.25) is 0 Å². The Labute approximate surface area is 199 Å². The molecular formula is C24H34N4O6. The third kappa shape index (κ3) is 7.38. The van der Waals surface area contributed by atoms with E-state index in [2.05, 4.69) is 20.6 Å². The average Bonchev–Trinajstić information content (AvgIpc) is 3.33. The van der Waals surface area contributed by atoms with Crippen LogP contribution in [0.1, 0.15) is 37.7 Å². The summed E-state index contributed by atoms with van der Waals surface area (Å²) in [6.45, 7) is 7.91. The van der Waals surface area contributed by atoms with E-state index in [1.165, 1.54) is 0 Å². The minimum Gasteiger partial charge on any atom is -0.497 e. The Hall–Kier alpha value is -3.27. The van der Waals surface area contributed by atoms with Crippen molar-refractivity contribution in [3.05, 3.63) is 47.5 Å². The van der Waals surface area contributed by atoms with Gasteiger partial charge in [0.05, 0.1) is 25.2 Å². The highest BCUT2D eigenvalue weighted by atomic mass is 16.7. The van der Waals surface area contributed by atoms with Crippen LogP contribution < -0.4 is 15.4 Å². The summed E-state index contributed by atoms with van der Waals surface area (Å²) in [6.07, 6.45) is 0.00417. The molecular weight excluding hydrogens is 440 g/mol. The van der Waals surface area contributed by atoms with E-state index in [9.17, 15) is 9.59 Å². The van der Waals surface area contributed by atoms with Crippen LogP contribution in [-0.2, 0) is 27.1 Å². The first-order valence-corrected chi connectivity index (χ1v) is 11.3. The third-order valence-electron chi connectivity index (χ3n) is 5.40. The molecule has 1 aliphatic rings. The van der Waals surface area contributed by atoms with Crippen molar-refractivity contribution in [2.45, 2.75) is 64.4 Å². The number of ether oxygens (including phenoxy) is 4. The molecule has 186 valence electrons. The number of aryl methyl sites for hydroxylation is 1. The lowest BCUT2D eigenvalue weighted by atomic mass is 10.0. The molecule has 3 rings (SSSR count). The van der Waals surface area contributed by atoms with Crippen molar-refractivity contribution in [1.29, 1.82) is 0 Å². The summed E-state index contributed by atoms with van der Waals surface area (Å²) in [6, 6.07) is 7.40. The molecule has 0 spiro atoms. The number of benzene rings is 1. The van der Waals surface area contributed by atoms with Gasteiger partial charge in [0, 0.05) is 25.2 Å². The second kappa shape index (κ2) is 11.2. The van der Waals surface area contributed by atoms with E-state index in [-0.39, 0.29) is 6.04 Å². The summed E-state index contributed by atoms with van der Waals surface area (Å²) in [5.41, 5.74) is 2.18. The number of rotatable bonds is 8. The number of carbonyl (C=O) groups is 2. The second-order valence-corrected chi connectivity index (χ2v) is 9.21. The van der Waals surface area contributed by atoms with Crippen molar-refractivity contribution in [1.82, 2.24) is 20.6 Å². The van der Waals surface area contributed by atoms with Gasteiger partial charge in [-0.25, -0.2) is 14.6 Å². The maximum atomic E-state index is 12.6. The number of nitrogens with zero attached hydrogens (tertiary/aromatic N) is 1. The van der Waals surface area contributed by atoms with Gasteiger partial charge < -0.3 is 34.6 Å². The van der Waals surface area contributed by atoms with Gasteiger partial charge in [-0.2, -0.15) is 0 Å². The molecule has 1 saturated heterocycles. The van der Waals surface area contributed by atoms with Crippen molar-refractivity contribution in [2.75, 3.05) is 20.2 Å². The van der Waals surface area contributed by atoms with Crippen LogP contribution in [-0.4, -0.2) is 66.3 Å². The first-order chi connectivity index (χ1) is 16.1. The molecule has 3 N–H and O–H groups in total. The summed E-state index contributed by atoms with van der Waals surface area (Å²) in [5.74, 6) is 0.758. The third-order valence-corrected chi connectivity index (χ3v) is 5.40. The molecule has 0 saturated carbocycles. The summed E-state index contributed by atoms with van der Waals surface area (Å²) in [7, 11) is 1.61. The standard InChI is InChI=1S/C24H34N4O6/c1-15-18(28-14-27-15)10-11-25-22(29)33-21-19(12-16-6-8-17(31-5)9-7-16)26-13-20(21)32-23(30)34-24(2,3)4/h6-9,14,19-21,26H,10-13H2,1-5H3,(H,25,29)(H,27,28)/t19-,20+,21+/m1/s1. The summed E-state index contributed by atoms with van der Waals surface area (Å²) >= 11 is 0. The smallest absolute Gasteiger partial charge is 0.497 e. The summed E-state index contributed by atoms with van der Waals surface area (Å²) < 4.78 is 21.8. The van der Waals surface area contributed by atoms with Crippen LogP contribution in [0.5, 0.6) is 5.75 Å². The predicted molar refractivity (Wildman–Crippen MR) is 125 cm³/mol. The molecule has 34 heavy (non-hydrogen) atoms. The molecule has 1 aromatic heterocycles. The fourth-order valence-corrected chi connectivity index (χ4v) is 3.71. The van der Waals surface area contributed by atoms with Gasteiger partial charge in [0.1, 0.15) is 11.4 Å². The van der Waals surface area contributed by atoms with Gasteiger partial charge in [-0.15, -0.1) is 0 Å². The maximum absolute atomic E-state index is 12.6. The van der Waals surface area contributed by atoms with Crippen LogP contribution in [0, 0.1) is 6.92 Å². The average molecular weight is 475 g/mol. The number of alkyl carbamates (subject to hydrolysis) is 1. The van der Waals surface area contributed by atoms with Crippen molar-refractivity contribution in [2.24, 2.45) is 0 Å². The number of amides is 1. The first kappa shape index (κ1) is 25.4. The van der Waals surface area contributed by atoms with Gasteiger partial charge in [-0.3, -0.25) is 0 Å². The lowest BCUT2D eigenvalue weighted by Gasteiger charge is -2.26. The molecule has 0 bridgehead atoms. The Kier molecular flexibility index (Phi) is 8.38. The number of hydrogen-bond donors (Lipinski definition) is 3. The van der Waals surface area contributed by atoms with Gasteiger partial charge in [0.25, 0.3) is 0 Å². The predicted octanol–water partition coefficient (Wildman–Crippen LogP) is 2.90. The van der Waals surface area contributed by atoms with Crippen LogP contribution in [0.4, 0.5) is 9.59 Å². The molecule has 2 aromatic rings. The number of H-pyrrole nitrogens is 1. The maximum Gasteiger partial charge on any atom is 0.509 e. The quantitative estimate of drug-likeness (QED) is 0.499. The molecule has 0 aliphatic carbocycles. The number of carbonyl (C=O) groups excluding carboxylic acids is 2. The van der Waals surface area contributed by atoms with E-state index >= 15 is 0 Å². The monoisotopic (exact) mass is 474 g/mol. The fourth-order valence-electron chi connectivity index (χ4n) is 3.71. The topological polar surface area (TPSA) is 124 Å². The van der Waals surface area contributed by atoms with Gasteiger partial charge in [-0.1, -0.05) is 12.1 Å². The molecule has 10 nitrogen and oxygen atoms in total. The Morgan fingerprint density at radius 3 is 2.53 bits per heavy atom. The zero-order chi connectivity index (χ0) is 24.7. The van der Waals surface area contributed by atoms with Crippen molar-refractivity contribution < 1.29 is 28.5 Å². The number of aromatic nitrogens is 2. The largest absolute Gasteiger partial charge is 0.509 e. The number of nitrogens with one attached hydrogen (secondary N) is 3. The normalized spacial score (nSPS) is 20.0. The Bertz CT molecular complexity index is 953. The van der Waals surface area contributed by atoms with Gasteiger partial charge in [0.15, 0.2) is 12.2 Å². The highest BCUT2D eigenvalue weighted by molar-refractivity contribution is 5.67. The van der Waals surface area contributed by atoms with Gasteiger partial charge in [-0.05, 0) is 51.8 Å². The van der Waals surface area contributed by atoms with Crippen LogP contribution in [0.3, 0.4) is 0 Å². The van der Waals surface area contributed by atoms with Gasteiger partial charge >= 0.3 is 12.2 Å². The Morgan fingerprint density at radius 2 is 1.91 bits per heavy atom. The SMILES string of the molecule is COc1ccc(C[C@H]2NC[C@H](OC(=O)OC(C)(C)C)[C@H]2OC(=O)NCCc2nc[nH]c2C)cc1. The fraction of sp³-hybridized carbons (Fsp3) is 0.542. The Balaban J connectivity index is 1.63. The minimum absolute atomic E-state index is 0.250. The molecule has 0 radical (unpaired) electrons. The number of imidazole rings is 1. The van der Waals surface area contributed by atoms with Crippen molar-refractivity contribution in [3.63, 3.8) is 0 Å². The minimum atomic E-state index is -0.799. The van der Waals surface area contributed by atoms with Crippen LogP contribution in [0.25, 0.3) is 0 Å². The van der Waals surface area contributed by atoms with Crippen LogP contribution >= 0.6 is 0 Å². The summed E-state index contributed by atoms with van der Waals surface area (Å²) in [5, 5.41) is 6.07. The zero-order valence-corrected chi connectivity index (χ0v) is 20.3. The van der Waals surface area contributed by atoms with Crippen LogP contribution in [0.15, 0.2) is 30.6 Å². The molecule has 1 aliphatic heterocycles. The highest BCUT2D eigenvalue weighted by Crippen LogP contribution is 2.22. The molecule has 1 aromatic carbocycles. The lowest BCUT2D eigenvalue weighted by molar-refractivity contribution is -0.0517. The van der Waals surface area contributed by atoms with E-state index in [4.69, 9.17) is 18.9 Å². The van der Waals surface area contributed by atoms with E-state index in [1.54, 1.807) is 34.2 Å². The molecule has 1 fully saturated rings. The molecule has 1 amide bonds. The lowest BCUT2D eigenvalue weighted by Crippen LogP contribution is -2.43. The zero-order valence-electron chi connectivity index (χ0n) is 20.3. The summed E-state index contributed by atoms with van der Waals surface area (Å²) in [4.78, 5) is 32.1. The molecule has 0 unspecified atom stereocenters. The van der Waals surface area contributed by atoms with E-state index in [1.807, 2.05) is 31.2 Å². The van der Waals surface area contributed by atoms with E-state index < -0.39 is 30.1 Å². The molecule has 10 heteroatoms. The van der Waals surface area contributed by atoms with E-state index in [0.29, 0.717) is 25.9 Å². The number of aromatic amines is 1. The highest BCUT2D eigenvalue weighted by Gasteiger charge is 2.42. The number of hydrogen-bond acceptors (Lipinski definition) is 8.